The quantitative estimate of drug-likeness (QED) is 0.435. The maximum atomic E-state index is 14.2. The van der Waals surface area contributed by atoms with Crippen molar-refractivity contribution in [2.75, 3.05) is 0 Å². The van der Waals surface area contributed by atoms with Crippen LogP contribution in [-0.4, -0.2) is 36.2 Å². The number of hydrogen-bond donors (Lipinski definition) is 0. The van der Waals surface area contributed by atoms with Crippen molar-refractivity contribution in [2.45, 2.75) is 38.2 Å². The fourth-order valence-corrected chi connectivity index (χ4v) is 1.67. The number of carbonyl (C=O) groups is 2. The molecule has 2 atom stereocenters. The van der Waals surface area contributed by atoms with E-state index in [0.29, 0.717) is 6.92 Å². The summed E-state index contributed by atoms with van der Waals surface area (Å²) in [7, 11) is 0. The van der Waals surface area contributed by atoms with Gasteiger partial charge in [0.25, 0.3) is 6.10 Å². The molecule has 0 aliphatic carbocycles. The highest BCUT2D eigenvalue weighted by molar-refractivity contribution is 5.89. The first-order valence-electron chi connectivity index (χ1n) is 6.94. The molecule has 1 aromatic rings. The second-order valence-corrected chi connectivity index (χ2v) is 5.20. The van der Waals surface area contributed by atoms with Crippen molar-refractivity contribution in [3.8, 4) is 0 Å². The van der Waals surface area contributed by atoms with Crippen molar-refractivity contribution in [2.24, 2.45) is 0 Å². The van der Waals surface area contributed by atoms with Crippen molar-refractivity contribution in [1.29, 1.82) is 0 Å². The summed E-state index contributed by atoms with van der Waals surface area (Å²) in [5, 5.41) is 0. The Morgan fingerprint density at radius 2 is 1.56 bits per heavy atom. The molecule has 0 radical (unpaired) electrons. The zero-order valence-electron chi connectivity index (χ0n) is 13.3. The predicted octanol–water partition coefficient (Wildman–Crippen LogP) is 3.92. The molecular formula is C16H15F5O4. The van der Waals surface area contributed by atoms with E-state index in [-0.39, 0.29) is 11.1 Å². The average Bonchev–Trinajstić information content (AvgIpc) is 2.51. The molecule has 2 unspecified atom stereocenters. The van der Waals surface area contributed by atoms with Gasteiger partial charge in [-0.05, 0) is 26.0 Å². The number of rotatable bonds is 6. The van der Waals surface area contributed by atoms with Gasteiger partial charge in [0.1, 0.15) is 0 Å². The lowest BCUT2D eigenvalue weighted by Crippen LogP contribution is -2.54. The van der Waals surface area contributed by atoms with Gasteiger partial charge in [0.2, 0.25) is 0 Å². The standard InChI is InChI=1S/C16H15F5O4/c1-9(2)12(22)24-10(3)15(17,18)14(16(19,20)21)25-13(23)11-7-5-4-6-8-11/h4-8,10,14H,1H2,2-3H3. The van der Waals surface area contributed by atoms with Gasteiger partial charge in [0.15, 0.2) is 6.10 Å². The number of hydrogen-bond acceptors (Lipinski definition) is 4. The number of benzene rings is 1. The Bertz CT molecular complexity index is 640. The molecule has 138 valence electrons. The van der Waals surface area contributed by atoms with E-state index in [4.69, 9.17) is 0 Å². The summed E-state index contributed by atoms with van der Waals surface area (Å²) in [5.74, 6) is -7.59. The van der Waals surface area contributed by atoms with E-state index in [1.807, 2.05) is 0 Å². The first-order valence-corrected chi connectivity index (χ1v) is 6.94. The van der Waals surface area contributed by atoms with Crippen LogP contribution in [-0.2, 0) is 14.3 Å². The molecule has 0 bridgehead atoms. The van der Waals surface area contributed by atoms with Crippen LogP contribution in [0.15, 0.2) is 42.5 Å². The summed E-state index contributed by atoms with van der Waals surface area (Å²) >= 11 is 0. The van der Waals surface area contributed by atoms with Gasteiger partial charge in [-0.3, -0.25) is 0 Å². The van der Waals surface area contributed by atoms with Gasteiger partial charge in [-0.15, -0.1) is 0 Å². The molecule has 0 saturated heterocycles. The summed E-state index contributed by atoms with van der Waals surface area (Å²) in [6, 6.07) is 6.35. The molecule has 0 saturated carbocycles. The molecular weight excluding hydrogens is 351 g/mol. The molecule has 0 spiro atoms. The number of halogens is 5. The third kappa shape index (κ3) is 5.27. The minimum Gasteiger partial charge on any atom is -0.453 e. The van der Waals surface area contributed by atoms with Gasteiger partial charge in [-0.1, -0.05) is 24.8 Å². The van der Waals surface area contributed by atoms with Crippen LogP contribution < -0.4 is 0 Å². The maximum absolute atomic E-state index is 14.2. The SMILES string of the molecule is C=C(C)C(=O)OC(C)C(F)(F)C(OC(=O)c1ccccc1)C(F)(F)F. The van der Waals surface area contributed by atoms with E-state index in [0.717, 1.165) is 19.1 Å². The second-order valence-electron chi connectivity index (χ2n) is 5.20. The zero-order valence-corrected chi connectivity index (χ0v) is 13.3. The molecule has 9 heteroatoms. The van der Waals surface area contributed by atoms with Gasteiger partial charge in [0.05, 0.1) is 5.56 Å². The molecule has 0 heterocycles. The van der Waals surface area contributed by atoms with E-state index in [2.05, 4.69) is 16.1 Å². The highest BCUT2D eigenvalue weighted by atomic mass is 19.4. The normalized spacial score (nSPS) is 14.4. The lowest BCUT2D eigenvalue weighted by Gasteiger charge is -2.31. The summed E-state index contributed by atoms with van der Waals surface area (Å²) in [6.07, 6.45) is -11.9. The van der Waals surface area contributed by atoms with Crippen LogP contribution in [0.5, 0.6) is 0 Å². The first-order chi connectivity index (χ1) is 11.4. The third-order valence-electron chi connectivity index (χ3n) is 3.06. The van der Waals surface area contributed by atoms with E-state index in [9.17, 15) is 31.5 Å². The minimum absolute atomic E-state index is 0.271. The summed E-state index contributed by atoms with van der Waals surface area (Å²) in [6.45, 7) is 4.85. The van der Waals surface area contributed by atoms with Crippen LogP contribution >= 0.6 is 0 Å². The Morgan fingerprint density at radius 3 is 2.00 bits per heavy atom. The number of alkyl halides is 5. The Balaban J connectivity index is 3.06. The Labute approximate surface area is 140 Å². The third-order valence-corrected chi connectivity index (χ3v) is 3.06. The Morgan fingerprint density at radius 1 is 1.04 bits per heavy atom. The van der Waals surface area contributed by atoms with Crippen LogP contribution in [0.2, 0.25) is 0 Å². The van der Waals surface area contributed by atoms with E-state index >= 15 is 0 Å². The first kappa shape index (κ1) is 20.6. The topological polar surface area (TPSA) is 52.6 Å². The predicted molar refractivity (Wildman–Crippen MR) is 77.0 cm³/mol. The fraction of sp³-hybridized carbons (Fsp3) is 0.375. The fourth-order valence-electron chi connectivity index (χ4n) is 1.67. The molecule has 0 fully saturated rings. The largest absolute Gasteiger partial charge is 0.453 e. The molecule has 0 aliphatic rings. The van der Waals surface area contributed by atoms with Gasteiger partial charge in [0, 0.05) is 5.57 Å². The van der Waals surface area contributed by atoms with Gasteiger partial charge < -0.3 is 9.47 Å². The molecule has 4 nitrogen and oxygen atoms in total. The lowest BCUT2D eigenvalue weighted by molar-refractivity contribution is -0.288. The van der Waals surface area contributed by atoms with Crippen LogP contribution in [0.3, 0.4) is 0 Å². The smallest absolute Gasteiger partial charge is 0.431 e. The molecule has 1 aromatic carbocycles. The maximum Gasteiger partial charge on any atom is 0.431 e. The second kappa shape index (κ2) is 7.62. The van der Waals surface area contributed by atoms with E-state index in [1.165, 1.54) is 18.2 Å². The summed E-state index contributed by atoms with van der Waals surface area (Å²) in [4.78, 5) is 23.0. The molecule has 0 aromatic heterocycles. The number of ether oxygens (including phenoxy) is 2. The van der Waals surface area contributed by atoms with Crippen molar-refractivity contribution in [3.05, 3.63) is 48.0 Å². The van der Waals surface area contributed by atoms with Crippen LogP contribution in [0, 0.1) is 0 Å². The summed E-state index contributed by atoms with van der Waals surface area (Å²) in [5.41, 5.74) is -0.605. The molecule has 0 aliphatic heterocycles. The van der Waals surface area contributed by atoms with Crippen molar-refractivity contribution in [1.82, 2.24) is 0 Å². The van der Waals surface area contributed by atoms with E-state index in [1.54, 1.807) is 0 Å². The zero-order chi connectivity index (χ0) is 19.4. The Kier molecular flexibility index (Phi) is 6.28. The monoisotopic (exact) mass is 366 g/mol. The molecule has 0 amide bonds. The van der Waals surface area contributed by atoms with Gasteiger partial charge in [-0.25, -0.2) is 9.59 Å². The molecule has 1 rings (SSSR count). The van der Waals surface area contributed by atoms with Crippen LogP contribution in [0.1, 0.15) is 24.2 Å². The van der Waals surface area contributed by atoms with Crippen LogP contribution in [0.25, 0.3) is 0 Å². The van der Waals surface area contributed by atoms with Crippen molar-refractivity contribution in [3.63, 3.8) is 0 Å². The highest BCUT2D eigenvalue weighted by Gasteiger charge is 2.62. The lowest BCUT2D eigenvalue weighted by atomic mass is 10.1. The number of carbonyl (C=O) groups excluding carboxylic acids is 2. The minimum atomic E-state index is -5.59. The molecule has 25 heavy (non-hydrogen) atoms. The van der Waals surface area contributed by atoms with Gasteiger partial charge >= 0.3 is 24.0 Å². The average molecular weight is 366 g/mol. The summed E-state index contributed by atoms with van der Waals surface area (Å²) < 4.78 is 75.7. The van der Waals surface area contributed by atoms with E-state index < -0.39 is 36.2 Å². The molecule has 0 N–H and O–H groups in total. The van der Waals surface area contributed by atoms with Gasteiger partial charge in [-0.2, -0.15) is 22.0 Å². The van der Waals surface area contributed by atoms with Crippen LogP contribution in [0.4, 0.5) is 22.0 Å². The number of esters is 2. The van der Waals surface area contributed by atoms with Crippen molar-refractivity contribution >= 4 is 11.9 Å². The highest BCUT2D eigenvalue weighted by Crippen LogP contribution is 2.38. The Hall–Kier alpha value is -2.45. The van der Waals surface area contributed by atoms with Crippen molar-refractivity contribution < 1.29 is 41.0 Å².